The molecule has 13 heavy (non-hydrogen) atoms. The van der Waals surface area contributed by atoms with Crippen LogP contribution in [0.15, 0.2) is 16.6 Å². The number of thiol groups is 1. The van der Waals surface area contributed by atoms with Gasteiger partial charge < -0.3 is 4.74 Å². The SMILES string of the molecule is Fc1cc(Br)cc(OCCS)c1F. The van der Waals surface area contributed by atoms with Crippen LogP contribution in [0.3, 0.4) is 0 Å². The van der Waals surface area contributed by atoms with Crippen LogP contribution in [0.2, 0.25) is 0 Å². The third-order valence-electron chi connectivity index (χ3n) is 1.31. The Labute approximate surface area is 88.6 Å². The maximum atomic E-state index is 13.0. The van der Waals surface area contributed by atoms with Gasteiger partial charge in [0.2, 0.25) is 5.82 Å². The second kappa shape index (κ2) is 4.81. The van der Waals surface area contributed by atoms with Gasteiger partial charge in [-0.25, -0.2) is 4.39 Å². The zero-order valence-electron chi connectivity index (χ0n) is 6.56. The van der Waals surface area contributed by atoms with E-state index in [1.54, 1.807) is 0 Å². The third-order valence-corrected chi connectivity index (χ3v) is 1.95. The van der Waals surface area contributed by atoms with Crippen LogP contribution in [0.1, 0.15) is 0 Å². The molecule has 1 nitrogen and oxygen atoms in total. The lowest BCUT2D eigenvalue weighted by Crippen LogP contribution is -2.01. The van der Waals surface area contributed by atoms with Crippen LogP contribution in [0, 0.1) is 11.6 Å². The Morgan fingerprint density at radius 3 is 2.69 bits per heavy atom. The van der Waals surface area contributed by atoms with Gasteiger partial charge in [0.15, 0.2) is 11.6 Å². The lowest BCUT2D eigenvalue weighted by molar-refractivity contribution is 0.317. The minimum atomic E-state index is -0.968. The quantitative estimate of drug-likeness (QED) is 0.655. The van der Waals surface area contributed by atoms with Crippen LogP contribution in [0.4, 0.5) is 8.78 Å². The van der Waals surface area contributed by atoms with Crippen molar-refractivity contribution in [3.8, 4) is 5.75 Å². The van der Waals surface area contributed by atoms with E-state index in [0.29, 0.717) is 10.2 Å². The number of hydrogen-bond donors (Lipinski definition) is 1. The van der Waals surface area contributed by atoms with Crippen molar-refractivity contribution in [3.63, 3.8) is 0 Å². The van der Waals surface area contributed by atoms with Crippen LogP contribution >= 0.6 is 28.6 Å². The molecule has 0 heterocycles. The van der Waals surface area contributed by atoms with Gasteiger partial charge >= 0.3 is 0 Å². The molecule has 0 amide bonds. The molecule has 0 spiro atoms. The smallest absolute Gasteiger partial charge is 0.200 e. The summed E-state index contributed by atoms with van der Waals surface area (Å²) in [6.45, 7) is 0.246. The minimum absolute atomic E-state index is 0.0964. The van der Waals surface area contributed by atoms with Gasteiger partial charge in [-0.05, 0) is 12.1 Å². The lowest BCUT2D eigenvalue weighted by Gasteiger charge is -2.06. The molecular formula is C8H7BrF2OS. The Morgan fingerprint density at radius 1 is 1.38 bits per heavy atom. The predicted molar refractivity (Wildman–Crippen MR) is 53.4 cm³/mol. The summed E-state index contributed by atoms with van der Waals surface area (Å²) in [4.78, 5) is 0. The first kappa shape index (κ1) is 10.8. The van der Waals surface area contributed by atoms with Crippen molar-refractivity contribution in [2.75, 3.05) is 12.4 Å². The van der Waals surface area contributed by atoms with E-state index < -0.39 is 11.6 Å². The van der Waals surface area contributed by atoms with Crippen LogP contribution in [0.25, 0.3) is 0 Å². The van der Waals surface area contributed by atoms with Crippen molar-refractivity contribution in [2.45, 2.75) is 0 Å². The standard InChI is InChI=1S/C8H7BrF2OS/c9-5-3-6(10)8(11)7(4-5)12-1-2-13/h3-4,13H,1-2H2. The highest BCUT2D eigenvalue weighted by Crippen LogP contribution is 2.25. The fourth-order valence-electron chi connectivity index (χ4n) is 0.793. The molecule has 0 saturated carbocycles. The zero-order valence-corrected chi connectivity index (χ0v) is 9.04. The van der Waals surface area contributed by atoms with E-state index in [4.69, 9.17) is 4.74 Å². The van der Waals surface area contributed by atoms with Crippen molar-refractivity contribution < 1.29 is 13.5 Å². The number of benzene rings is 1. The van der Waals surface area contributed by atoms with Gasteiger partial charge in [0, 0.05) is 10.2 Å². The zero-order chi connectivity index (χ0) is 9.84. The fourth-order valence-corrected chi connectivity index (χ4v) is 1.29. The molecule has 1 aromatic carbocycles. The topological polar surface area (TPSA) is 9.23 Å². The minimum Gasteiger partial charge on any atom is -0.490 e. The van der Waals surface area contributed by atoms with Gasteiger partial charge in [-0.15, -0.1) is 0 Å². The predicted octanol–water partition coefficient (Wildman–Crippen LogP) is 3.04. The van der Waals surface area contributed by atoms with E-state index in [1.165, 1.54) is 6.07 Å². The van der Waals surface area contributed by atoms with E-state index in [2.05, 4.69) is 28.6 Å². The number of halogens is 3. The average Bonchev–Trinajstić information content (AvgIpc) is 2.09. The Balaban J connectivity index is 2.92. The molecule has 5 heteroatoms. The molecule has 1 rings (SSSR count). The summed E-state index contributed by atoms with van der Waals surface area (Å²) < 4.78 is 31.1. The molecule has 0 N–H and O–H groups in total. The molecule has 0 atom stereocenters. The van der Waals surface area contributed by atoms with Crippen molar-refractivity contribution in [2.24, 2.45) is 0 Å². The molecule has 0 fully saturated rings. The van der Waals surface area contributed by atoms with Gasteiger partial charge in [-0.3, -0.25) is 0 Å². The summed E-state index contributed by atoms with van der Waals surface area (Å²) in [5, 5.41) is 0. The molecule has 0 aromatic heterocycles. The molecule has 0 saturated heterocycles. The van der Waals surface area contributed by atoms with E-state index in [0.717, 1.165) is 6.07 Å². The Hall–Kier alpha value is -0.290. The summed E-state index contributed by atoms with van der Waals surface area (Å²) >= 11 is 6.92. The summed E-state index contributed by atoms with van der Waals surface area (Å²) in [5.41, 5.74) is 0. The second-order valence-corrected chi connectivity index (χ2v) is 3.63. The summed E-state index contributed by atoms with van der Waals surface area (Å²) in [6, 6.07) is 2.42. The van der Waals surface area contributed by atoms with E-state index in [-0.39, 0.29) is 12.4 Å². The van der Waals surface area contributed by atoms with Crippen LogP contribution < -0.4 is 4.74 Å². The number of hydrogen-bond acceptors (Lipinski definition) is 2. The normalized spacial score (nSPS) is 10.2. The summed E-state index contributed by atoms with van der Waals surface area (Å²) in [6.07, 6.45) is 0. The average molecular weight is 269 g/mol. The highest BCUT2D eigenvalue weighted by atomic mass is 79.9. The number of ether oxygens (including phenoxy) is 1. The molecule has 1 aromatic rings. The Morgan fingerprint density at radius 2 is 2.08 bits per heavy atom. The van der Waals surface area contributed by atoms with Crippen molar-refractivity contribution in [1.29, 1.82) is 0 Å². The fraction of sp³-hybridized carbons (Fsp3) is 0.250. The molecule has 0 aliphatic carbocycles. The van der Waals surface area contributed by atoms with Crippen molar-refractivity contribution in [1.82, 2.24) is 0 Å². The maximum absolute atomic E-state index is 13.0. The molecule has 0 aliphatic heterocycles. The van der Waals surface area contributed by atoms with E-state index in [9.17, 15) is 8.78 Å². The van der Waals surface area contributed by atoms with Gasteiger partial charge in [0.05, 0.1) is 6.61 Å². The van der Waals surface area contributed by atoms with Crippen molar-refractivity contribution in [3.05, 3.63) is 28.2 Å². The van der Waals surface area contributed by atoms with Gasteiger partial charge in [0.1, 0.15) is 0 Å². The highest BCUT2D eigenvalue weighted by Gasteiger charge is 2.10. The molecule has 0 unspecified atom stereocenters. The Bertz CT molecular complexity index is 306. The second-order valence-electron chi connectivity index (χ2n) is 2.27. The van der Waals surface area contributed by atoms with Crippen molar-refractivity contribution >= 4 is 28.6 Å². The van der Waals surface area contributed by atoms with Crippen LogP contribution in [0.5, 0.6) is 5.75 Å². The molecular weight excluding hydrogens is 262 g/mol. The first-order chi connectivity index (χ1) is 6.15. The summed E-state index contributed by atoms with van der Waals surface area (Å²) in [7, 11) is 0. The largest absolute Gasteiger partial charge is 0.490 e. The third kappa shape index (κ3) is 2.84. The van der Waals surface area contributed by atoms with Gasteiger partial charge in [-0.1, -0.05) is 15.9 Å². The molecule has 72 valence electrons. The highest BCUT2D eigenvalue weighted by molar-refractivity contribution is 9.10. The molecule has 0 bridgehead atoms. The molecule has 0 radical (unpaired) electrons. The maximum Gasteiger partial charge on any atom is 0.200 e. The molecule has 0 aliphatic rings. The summed E-state index contributed by atoms with van der Waals surface area (Å²) in [5.74, 6) is -1.54. The monoisotopic (exact) mass is 268 g/mol. The lowest BCUT2D eigenvalue weighted by atomic mass is 10.3. The van der Waals surface area contributed by atoms with E-state index >= 15 is 0 Å². The van der Waals surface area contributed by atoms with Crippen LogP contribution in [-0.4, -0.2) is 12.4 Å². The van der Waals surface area contributed by atoms with Crippen LogP contribution in [-0.2, 0) is 0 Å². The number of rotatable bonds is 3. The first-order valence-corrected chi connectivity index (χ1v) is 4.96. The van der Waals surface area contributed by atoms with E-state index in [1.807, 2.05) is 0 Å². The Kier molecular flexibility index (Phi) is 3.99. The first-order valence-electron chi connectivity index (χ1n) is 3.53. The van der Waals surface area contributed by atoms with Gasteiger partial charge in [0.25, 0.3) is 0 Å². The van der Waals surface area contributed by atoms with Gasteiger partial charge in [-0.2, -0.15) is 17.0 Å².